The van der Waals surface area contributed by atoms with Crippen LogP contribution in [-0.4, -0.2) is 15.9 Å². The summed E-state index contributed by atoms with van der Waals surface area (Å²) in [6.07, 6.45) is 0. The summed E-state index contributed by atoms with van der Waals surface area (Å²) in [5, 5.41) is 13.1. The van der Waals surface area contributed by atoms with Crippen molar-refractivity contribution in [1.29, 1.82) is 0 Å². The number of hydrogen-bond donors (Lipinski definition) is 1. The second-order valence-electron chi connectivity index (χ2n) is 4.66. The lowest BCUT2D eigenvalue weighted by molar-refractivity contribution is 0.319. The predicted molar refractivity (Wildman–Crippen MR) is 81.2 cm³/mol. The van der Waals surface area contributed by atoms with E-state index in [1.807, 2.05) is 60.7 Å². The van der Waals surface area contributed by atoms with E-state index in [9.17, 15) is 0 Å². The lowest BCUT2D eigenvalue weighted by atomic mass is 10.1. The maximum atomic E-state index is 8.83. The van der Waals surface area contributed by atoms with Crippen molar-refractivity contribution < 1.29 is 5.21 Å². The van der Waals surface area contributed by atoms with Crippen molar-refractivity contribution in [2.24, 2.45) is 5.16 Å². The molecular weight excluding hydrogens is 248 g/mol. The summed E-state index contributed by atoms with van der Waals surface area (Å²) in [6, 6.07) is 20.0. The Morgan fingerprint density at radius 3 is 2.55 bits per heavy atom. The average molecular weight is 262 g/mol. The highest BCUT2D eigenvalue weighted by Crippen LogP contribution is 2.21. The lowest BCUT2D eigenvalue weighted by Gasteiger charge is -2.05. The maximum absolute atomic E-state index is 8.83. The molecule has 0 bridgehead atoms. The molecule has 3 rings (SSSR count). The Kier molecular flexibility index (Phi) is 3.17. The van der Waals surface area contributed by atoms with Gasteiger partial charge >= 0.3 is 0 Å². The average Bonchev–Trinajstić information content (AvgIpc) is 2.54. The number of benzene rings is 2. The molecule has 3 heteroatoms. The van der Waals surface area contributed by atoms with Gasteiger partial charge in [0, 0.05) is 10.9 Å². The van der Waals surface area contributed by atoms with Crippen LogP contribution < -0.4 is 0 Å². The number of aromatic nitrogens is 1. The SMILES string of the molecule is CC(=NO)c1ccc2nc(-c3ccccc3)ccc2c1. The Bertz CT molecular complexity index is 779. The van der Waals surface area contributed by atoms with E-state index in [0.717, 1.165) is 27.7 Å². The molecule has 0 fully saturated rings. The molecule has 0 saturated heterocycles. The van der Waals surface area contributed by atoms with E-state index in [4.69, 9.17) is 5.21 Å². The van der Waals surface area contributed by atoms with Crippen molar-refractivity contribution in [2.75, 3.05) is 0 Å². The molecule has 20 heavy (non-hydrogen) atoms. The van der Waals surface area contributed by atoms with Crippen LogP contribution in [0.3, 0.4) is 0 Å². The first-order valence-corrected chi connectivity index (χ1v) is 6.43. The summed E-state index contributed by atoms with van der Waals surface area (Å²) >= 11 is 0. The first-order chi connectivity index (χ1) is 9.78. The molecule has 0 atom stereocenters. The molecule has 0 aliphatic heterocycles. The summed E-state index contributed by atoms with van der Waals surface area (Å²) in [4.78, 5) is 4.67. The van der Waals surface area contributed by atoms with E-state index < -0.39 is 0 Å². The highest BCUT2D eigenvalue weighted by Gasteiger charge is 2.03. The summed E-state index contributed by atoms with van der Waals surface area (Å²) in [5.74, 6) is 0. The van der Waals surface area contributed by atoms with Gasteiger partial charge in [-0.25, -0.2) is 4.98 Å². The summed E-state index contributed by atoms with van der Waals surface area (Å²) in [6.45, 7) is 1.77. The molecule has 0 unspecified atom stereocenters. The largest absolute Gasteiger partial charge is 0.411 e. The monoisotopic (exact) mass is 262 g/mol. The molecule has 0 spiro atoms. The third-order valence-corrected chi connectivity index (χ3v) is 3.33. The first-order valence-electron chi connectivity index (χ1n) is 6.43. The van der Waals surface area contributed by atoms with E-state index in [1.165, 1.54) is 0 Å². The number of oxime groups is 1. The lowest BCUT2D eigenvalue weighted by Crippen LogP contribution is -1.94. The Labute approximate surface area is 117 Å². The molecule has 0 radical (unpaired) electrons. The minimum atomic E-state index is 0.596. The number of rotatable bonds is 2. The van der Waals surface area contributed by atoms with E-state index in [-0.39, 0.29) is 0 Å². The van der Waals surface area contributed by atoms with Gasteiger partial charge in [0.25, 0.3) is 0 Å². The van der Waals surface area contributed by atoms with Gasteiger partial charge in [0.15, 0.2) is 0 Å². The van der Waals surface area contributed by atoms with Crippen molar-refractivity contribution in [3.05, 3.63) is 66.2 Å². The quantitative estimate of drug-likeness (QED) is 0.429. The Balaban J connectivity index is 2.10. The van der Waals surface area contributed by atoms with Crippen molar-refractivity contribution in [2.45, 2.75) is 6.92 Å². The highest BCUT2D eigenvalue weighted by molar-refractivity contribution is 6.01. The fourth-order valence-electron chi connectivity index (χ4n) is 2.18. The van der Waals surface area contributed by atoms with E-state index >= 15 is 0 Å². The van der Waals surface area contributed by atoms with Crippen LogP contribution in [0.2, 0.25) is 0 Å². The number of hydrogen-bond acceptors (Lipinski definition) is 3. The summed E-state index contributed by atoms with van der Waals surface area (Å²) < 4.78 is 0. The van der Waals surface area contributed by atoms with Crippen LogP contribution in [0, 0.1) is 0 Å². The van der Waals surface area contributed by atoms with E-state index in [1.54, 1.807) is 6.92 Å². The van der Waals surface area contributed by atoms with E-state index in [0.29, 0.717) is 5.71 Å². The Hall–Kier alpha value is -2.68. The second kappa shape index (κ2) is 5.13. The Morgan fingerprint density at radius 2 is 1.80 bits per heavy atom. The fraction of sp³-hybridized carbons (Fsp3) is 0.0588. The number of fused-ring (bicyclic) bond motifs is 1. The van der Waals surface area contributed by atoms with Crippen molar-refractivity contribution in [3.63, 3.8) is 0 Å². The molecular formula is C17H14N2O. The molecule has 1 N–H and O–H groups in total. The summed E-state index contributed by atoms with van der Waals surface area (Å²) in [7, 11) is 0. The molecule has 0 aliphatic carbocycles. The number of pyridine rings is 1. The van der Waals surface area contributed by atoms with Gasteiger partial charge in [-0.2, -0.15) is 0 Å². The van der Waals surface area contributed by atoms with Gasteiger partial charge in [-0.05, 0) is 30.7 Å². The normalized spacial score (nSPS) is 11.8. The first kappa shape index (κ1) is 12.4. The van der Waals surface area contributed by atoms with Gasteiger partial charge in [0.05, 0.1) is 16.9 Å². The topological polar surface area (TPSA) is 45.5 Å². The molecule has 2 aromatic carbocycles. The zero-order valence-electron chi connectivity index (χ0n) is 11.1. The van der Waals surface area contributed by atoms with Crippen LogP contribution in [0.15, 0.2) is 65.8 Å². The molecule has 3 aromatic rings. The minimum Gasteiger partial charge on any atom is -0.411 e. The van der Waals surface area contributed by atoms with Crippen LogP contribution in [0.25, 0.3) is 22.2 Å². The van der Waals surface area contributed by atoms with Crippen LogP contribution in [0.4, 0.5) is 0 Å². The third kappa shape index (κ3) is 2.26. The van der Waals surface area contributed by atoms with Gasteiger partial charge in [-0.1, -0.05) is 47.6 Å². The van der Waals surface area contributed by atoms with Crippen molar-refractivity contribution in [1.82, 2.24) is 4.98 Å². The van der Waals surface area contributed by atoms with Gasteiger partial charge < -0.3 is 5.21 Å². The van der Waals surface area contributed by atoms with Crippen LogP contribution in [-0.2, 0) is 0 Å². The standard InChI is InChI=1S/C17H14N2O/c1-12(19-20)14-7-9-17-15(11-14)8-10-16(18-17)13-5-3-2-4-6-13/h2-11,20H,1H3. The van der Waals surface area contributed by atoms with Crippen LogP contribution >= 0.6 is 0 Å². The zero-order chi connectivity index (χ0) is 13.9. The molecule has 1 aromatic heterocycles. The molecule has 98 valence electrons. The fourth-order valence-corrected chi connectivity index (χ4v) is 2.18. The zero-order valence-corrected chi connectivity index (χ0v) is 11.1. The molecule has 0 amide bonds. The molecule has 0 saturated carbocycles. The second-order valence-corrected chi connectivity index (χ2v) is 4.66. The smallest absolute Gasteiger partial charge is 0.0837 e. The minimum absolute atomic E-state index is 0.596. The van der Waals surface area contributed by atoms with Gasteiger partial charge in [0.2, 0.25) is 0 Å². The molecule has 0 aliphatic rings. The third-order valence-electron chi connectivity index (χ3n) is 3.33. The van der Waals surface area contributed by atoms with Gasteiger partial charge in [0.1, 0.15) is 0 Å². The Morgan fingerprint density at radius 1 is 1.00 bits per heavy atom. The maximum Gasteiger partial charge on any atom is 0.0837 e. The van der Waals surface area contributed by atoms with Crippen molar-refractivity contribution >= 4 is 16.6 Å². The summed E-state index contributed by atoms with van der Waals surface area (Å²) in [5.41, 5.74) is 4.49. The molecule has 3 nitrogen and oxygen atoms in total. The van der Waals surface area contributed by atoms with Crippen LogP contribution in [0.1, 0.15) is 12.5 Å². The number of nitrogens with zero attached hydrogens (tertiary/aromatic N) is 2. The highest BCUT2D eigenvalue weighted by atomic mass is 16.4. The van der Waals surface area contributed by atoms with Gasteiger partial charge in [-0.3, -0.25) is 0 Å². The van der Waals surface area contributed by atoms with Crippen molar-refractivity contribution in [3.8, 4) is 11.3 Å². The predicted octanol–water partition coefficient (Wildman–Crippen LogP) is 4.10. The van der Waals surface area contributed by atoms with Crippen LogP contribution in [0.5, 0.6) is 0 Å². The molecule has 1 heterocycles. The van der Waals surface area contributed by atoms with Gasteiger partial charge in [-0.15, -0.1) is 0 Å². The van der Waals surface area contributed by atoms with E-state index in [2.05, 4.69) is 10.1 Å².